The standard InChI is InChI=1S/C10H9F2NO3/c1-2-16-9(15)4-8(14)10-7(12)3-6(11)5-13-10/h3,5H,2,4H2,1H3. The lowest BCUT2D eigenvalue weighted by Gasteiger charge is -2.01. The van der Waals surface area contributed by atoms with E-state index in [9.17, 15) is 18.4 Å². The number of ether oxygens (including phenoxy) is 1. The second-order valence-corrected chi connectivity index (χ2v) is 2.89. The molecule has 0 spiro atoms. The van der Waals surface area contributed by atoms with E-state index in [1.807, 2.05) is 0 Å². The van der Waals surface area contributed by atoms with Crippen LogP contribution in [0.4, 0.5) is 8.78 Å². The predicted octanol–water partition coefficient (Wildman–Crippen LogP) is 1.50. The number of pyridine rings is 1. The number of hydrogen-bond acceptors (Lipinski definition) is 4. The molecule has 0 aromatic carbocycles. The number of nitrogens with zero attached hydrogens (tertiary/aromatic N) is 1. The summed E-state index contributed by atoms with van der Waals surface area (Å²) in [6.45, 7) is 1.71. The molecule has 16 heavy (non-hydrogen) atoms. The maximum atomic E-state index is 13.1. The van der Waals surface area contributed by atoms with Gasteiger partial charge in [-0.05, 0) is 6.92 Å². The number of carbonyl (C=O) groups excluding carboxylic acids is 2. The van der Waals surface area contributed by atoms with Crippen molar-refractivity contribution in [3.8, 4) is 0 Å². The first kappa shape index (κ1) is 12.2. The molecule has 0 saturated carbocycles. The zero-order valence-corrected chi connectivity index (χ0v) is 8.50. The minimum Gasteiger partial charge on any atom is -0.466 e. The van der Waals surface area contributed by atoms with Crippen molar-refractivity contribution >= 4 is 11.8 Å². The van der Waals surface area contributed by atoms with Crippen LogP contribution in [-0.4, -0.2) is 23.3 Å². The van der Waals surface area contributed by atoms with Crippen LogP contribution in [0.3, 0.4) is 0 Å². The molecule has 1 aromatic heterocycles. The lowest BCUT2D eigenvalue weighted by Crippen LogP contribution is -2.14. The zero-order valence-electron chi connectivity index (χ0n) is 8.50. The third kappa shape index (κ3) is 3.08. The number of hydrogen-bond donors (Lipinski definition) is 0. The molecule has 0 amide bonds. The zero-order chi connectivity index (χ0) is 12.1. The number of halogens is 2. The minimum atomic E-state index is -1.09. The van der Waals surface area contributed by atoms with E-state index in [1.165, 1.54) is 0 Å². The Kier molecular flexibility index (Phi) is 4.04. The number of Topliss-reactive ketones (excluding diaryl/α,β-unsaturated/α-hetero) is 1. The van der Waals surface area contributed by atoms with Crippen molar-refractivity contribution in [2.45, 2.75) is 13.3 Å². The highest BCUT2D eigenvalue weighted by Gasteiger charge is 2.18. The number of aromatic nitrogens is 1. The van der Waals surface area contributed by atoms with Gasteiger partial charge in [0.2, 0.25) is 0 Å². The molecule has 0 saturated heterocycles. The molecule has 1 rings (SSSR count). The van der Waals surface area contributed by atoms with Crippen LogP contribution in [0.25, 0.3) is 0 Å². The number of ketones is 1. The Balaban J connectivity index is 2.77. The summed E-state index contributed by atoms with van der Waals surface area (Å²) in [7, 11) is 0. The summed E-state index contributed by atoms with van der Waals surface area (Å²) in [5, 5.41) is 0. The third-order valence-electron chi connectivity index (χ3n) is 1.68. The molecule has 1 aromatic rings. The van der Waals surface area contributed by atoms with Gasteiger partial charge in [-0.15, -0.1) is 0 Å². The molecular formula is C10H9F2NO3. The Bertz CT molecular complexity index is 421. The van der Waals surface area contributed by atoms with Crippen LogP contribution in [0, 0.1) is 11.6 Å². The molecule has 1 heterocycles. The van der Waals surface area contributed by atoms with Crippen LogP contribution in [0.2, 0.25) is 0 Å². The van der Waals surface area contributed by atoms with E-state index in [0.717, 1.165) is 0 Å². The maximum Gasteiger partial charge on any atom is 0.313 e. The highest BCUT2D eigenvalue weighted by atomic mass is 19.1. The van der Waals surface area contributed by atoms with Crippen LogP contribution in [0.1, 0.15) is 23.8 Å². The molecule has 0 aliphatic rings. The summed E-state index contributed by atoms with van der Waals surface area (Å²) in [6.07, 6.45) is 0.102. The molecule has 0 atom stereocenters. The molecule has 0 aliphatic heterocycles. The summed E-state index contributed by atoms with van der Waals surface area (Å²) >= 11 is 0. The summed E-state index contributed by atoms with van der Waals surface area (Å²) in [5.41, 5.74) is -0.561. The van der Waals surface area contributed by atoms with Gasteiger partial charge in [0.1, 0.15) is 17.9 Å². The van der Waals surface area contributed by atoms with Crippen molar-refractivity contribution in [2.75, 3.05) is 6.61 Å². The Hall–Kier alpha value is -1.85. The number of esters is 1. The Labute approximate surface area is 90.2 Å². The van der Waals surface area contributed by atoms with E-state index in [0.29, 0.717) is 12.3 Å². The van der Waals surface area contributed by atoms with Gasteiger partial charge in [-0.25, -0.2) is 13.8 Å². The average Bonchev–Trinajstić information content (AvgIpc) is 2.17. The summed E-state index contributed by atoms with van der Waals surface area (Å²) in [6, 6.07) is 0.533. The summed E-state index contributed by atoms with van der Waals surface area (Å²) in [4.78, 5) is 25.6. The molecule has 4 nitrogen and oxygen atoms in total. The molecular weight excluding hydrogens is 220 g/mol. The van der Waals surface area contributed by atoms with Gasteiger partial charge < -0.3 is 4.74 Å². The van der Waals surface area contributed by atoms with Crippen molar-refractivity contribution in [3.05, 3.63) is 29.6 Å². The number of carbonyl (C=O) groups is 2. The third-order valence-corrected chi connectivity index (χ3v) is 1.68. The average molecular weight is 229 g/mol. The molecule has 0 bridgehead atoms. The van der Waals surface area contributed by atoms with Gasteiger partial charge in [0, 0.05) is 6.07 Å². The summed E-state index contributed by atoms with van der Waals surface area (Å²) < 4.78 is 30.1. The van der Waals surface area contributed by atoms with E-state index >= 15 is 0 Å². The predicted molar refractivity (Wildman–Crippen MR) is 49.7 cm³/mol. The number of rotatable bonds is 4. The van der Waals surface area contributed by atoms with Crippen LogP contribution in [-0.2, 0) is 9.53 Å². The summed E-state index contributed by atoms with van der Waals surface area (Å²) in [5.74, 6) is -3.58. The maximum absolute atomic E-state index is 13.1. The van der Waals surface area contributed by atoms with Crippen molar-refractivity contribution in [2.24, 2.45) is 0 Å². The van der Waals surface area contributed by atoms with E-state index in [1.54, 1.807) is 6.92 Å². The Morgan fingerprint density at radius 2 is 2.12 bits per heavy atom. The van der Waals surface area contributed by atoms with Crippen molar-refractivity contribution < 1.29 is 23.1 Å². The molecule has 0 fully saturated rings. The Morgan fingerprint density at radius 3 is 2.69 bits per heavy atom. The fraction of sp³-hybridized carbons (Fsp3) is 0.300. The van der Waals surface area contributed by atoms with E-state index in [-0.39, 0.29) is 6.61 Å². The minimum absolute atomic E-state index is 0.130. The second kappa shape index (κ2) is 5.29. The van der Waals surface area contributed by atoms with Gasteiger partial charge >= 0.3 is 5.97 Å². The first-order valence-electron chi connectivity index (χ1n) is 4.54. The normalized spacial score (nSPS) is 9.94. The lowest BCUT2D eigenvalue weighted by molar-refractivity contribution is -0.141. The van der Waals surface area contributed by atoms with Gasteiger partial charge in [0.15, 0.2) is 11.6 Å². The SMILES string of the molecule is CCOC(=O)CC(=O)c1ncc(F)cc1F. The topological polar surface area (TPSA) is 56.3 Å². The smallest absolute Gasteiger partial charge is 0.313 e. The fourth-order valence-corrected chi connectivity index (χ4v) is 1.05. The van der Waals surface area contributed by atoms with E-state index in [2.05, 4.69) is 9.72 Å². The van der Waals surface area contributed by atoms with Gasteiger partial charge in [0.25, 0.3) is 0 Å². The van der Waals surface area contributed by atoms with Crippen molar-refractivity contribution in [1.82, 2.24) is 4.98 Å². The first-order chi connectivity index (χ1) is 7.54. The molecule has 0 unspecified atom stereocenters. The largest absolute Gasteiger partial charge is 0.466 e. The van der Waals surface area contributed by atoms with Gasteiger partial charge in [-0.2, -0.15) is 0 Å². The lowest BCUT2D eigenvalue weighted by atomic mass is 10.2. The molecule has 0 N–H and O–H groups in total. The van der Waals surface area contributed by atoms with E-state index < -0.39 is 35.5 Å². The van der Waals surface area contributed by atoms with Crippen LogP contribution < -0.4 is 0 Å². The van der Waals surface area contributed by atoms with Crippen molar-refractivity contribution in [1.29, 1.82) is 0 Å². The molecule has 0 radical (unpaired) electrons. The van der Waals surface area contributed by atoms with Gasteiger partial charge in [-0.3, -0.25) is 9.59 Å². The fourth-order valence-electron chi connectivity index (χ4n) is 1.05. The first-order valence-corrected chi connectivity index (χ1v) is 4.54. The highest BCUT2D eigenvalue weighted by Crippen LogP contribution is 2.08. The van der Waals surface area contributed by atoms with Crippen molar-refractivity contribution in [3.63, 3.8) is 0 Å². The van der Waals surface area contributed by atoms with Gasteiger partial charge in [0.05, 0.1) is 12.8 Å². The molecule has 86 valence electrons. The van der Waals surface area contributed by atoms with Gasteiger partial charge in [-0.1, -0.05) is 0 Å². The monoisotopic (exact) mass is 229 g/mol. The van der Waals surface area contributed by atoms with Crippen LogP contribution in [0.15, 0.2) is 12.3 Å². The van der Waals surface area contributed by atoms with Crippen LogP contribution >= 0.6 is 0 Å². The highest BCUT2D eigenvalue weighted by molar-refractivity contribution is 6.04. The molecule has 6 heteroatoms. The van der Waals surface area contributed by atoms with Crippen LogP contribution in [0.5, 0.6) is 0 Å². The second-order valence-electron chi connectivity index (χ2n) is 2.89. The molecule has 0 aliphatic carbocycles. The Morgan fingerprint density at radius 1 is 1.44 bits per heavy atom. The van der Waals surface area contributed by atoms with E-state index in [4.69, 9.17) is 0 Å². The quantitative estimate of drug-likeness (QED) is 0.446.